The number of anilines is 1. The van der Waals surface area contributed by atoms with Crippen molar-refractivity contribution in [3.63, 3.8) is 0 Å². The number of nitrogens with zero attached hydrogens (tertiary/aromatic N) is 2. The van der Waals surface area contributed by atoms with Crippen LogP contribution in [0.2, 0.25) is 0 Å². The Morgan fingerprint density at radius 3 is 2.30 bits per heavy atom. The van der Waals surface area contributed by atoms with E-state index in [9.17, 15) is 18.0 Å². The highest BCUT2D eigenvalue weighted by molar-refractivity contribution is 7.81. The van der Waals surface area contributed by atoms with Crippen LogP contribution in [0.3, 0.4) is 0 Å². The lowest BCUT2D eigenvalue weighted by atomic mass is 9.99. The van der Waals surface area contributed by atoms with E-state index in [1.165, 1.54) is 12.1 Å². The number of rotatable bonds is 3. The number of hydrogen-bond acceptors (Lipinski definition) is 5. The first kappa shape index (κ1) is 21.7. The van der Waals surface area contributed by atoms with E-state index in [2.05, 4.69) is 12.6 Å². The minimum atomic E-state index is -4.50. The second-order valence-corrected chi connectivity index (χ2v) is 8.06. The Morgan fingerprint density at radius 2 is 1.85 bits per heavy atom. The zero-order valence-electron chi connectivity index (χ0n) is 15.5. The molecule has 1 aliphatic heterocycles. The Bertz CT molecular complexity index is 647. The number of hydrogen-bond donors (Lipinski definition) is 2. The highest BCUT2D eigenvalue weighted by atomic mass is 32.1. The number of piperazine rings is 1. The van der Waals surface area contributed by atoms with E-state index in [4.69, 9.17) is 9.84 Å². The van der Waals surface area contributed by atoms with Crippen LogP contribution < -0.4 is 4.90 Å². The molecule has 0 radical (unpaired) electrons. The van der Waals surface area contributed by atoms with E-state index in [0.29, 0.717) is 25.3 Å². The molecule has 0 aromatic heterocycles. The molecule has 152 valence electrons. The average molecular weight is 406 g/mol. The van der Waals surface area contributed by atoms with Gasteiger partial charge in [-0.05, 0) is 38.5 Å². The molecule has 2 atom stereocenters. The number of thiol groups is 1. The van der Waals surface area contributed by atoms with Crippen molar-refractivity contribution < 1.29 is 27.8 Å². The van der Waals surface area contributed by atoms with Gasteiger partial charge in [-0.15, -0.1) is 0 Å². The fourth-order valence-electron chi connectivity index (χ4n) is 2.85. The number of halogens is 3. The molecular weight excluding hydrogens is 381 g/mol. The van der Waals surface area contributed by atoms with Crippen LogP contribution in [-0.2, 0) is 4.74 Å². The number of ether oxygens (including phenoxy) is 1. The second-order valence-electron chi connectivity index (χ2n) is 7.47. The van der Waals surface area contributed by atoms with Gasteiger partial charge < -0.3 is 19.6 Å². The maximum Gasteiger partial charge on any atom is 0.410 e. The molecule has 27 heavy (non-hydrogen) atoms. The summed E-state index contributed by atoms with van der Waals surface area (Å²) in [7, 11) is 0. The molecule has 2 rings (SSSR count). The highest BCUT2D eigenvalue weighted by Gasteiger charge is 2.40. The molecule has 0 bridgehead atoms. The molecule has 1 aromatic rings. The summed E-state index contributed by atoms with van der Waals surface area (Å²) in [5.41, 5.74) is 0.135. The molecule has 0 saturated carbocycles. The third kappa shape index (κ3) is 5.68. The van der Waals surface area contributed by atoms with E-state index in [-0.39, 0.29) is 10.9 Å². The van der Waals surface area contributed by atoms with Crippen molar-refractivity contribution in [3.8, 4) is 0 Å². The van der Waals surface area contributed by atoms with Crippen molar-refractivity contribution in [2.75, 3.05) is 31.1 Å². The van der Waals surface area contributed by atoms with Gasteiger partial charge in [0.2, 0.25) is 0 Å². The van der Waals surface area contributed by atoms with E-state index in [1.54, 1.807) is 37.8 Å². The summed E-state index contributed by atoms with van der Waals surface area (Å²) >= 11 is 4.52. The van der Waals surface area contributed by atoms with Gasteiger partial charge in [0.1, 0.15) is 11.5 Å². The first-order valence-electron chi connectivity index (χ1n) is 8.62. The van der Waals surface area contributed by atoms with Crippen molar-refractivity contribution >= 4 is 24.4 Å². The van der Waals surface area contributed by atoms with E-state index >= 15 is 0 Å². The summed E-state index contributed by atoms with van der Waals surface area (Å²) in [6, 6.07) is 5.89. The van der Waals surface area contributed by atoms with Gasteiger partial charge >= 0.3 is 12.3 Å². The highest BCUT2D eigenvalue weighted by Crippen LogP contribution is 2.35. The summed E-state index contributed by atoms with van der Waals surface area (Å²) in [6.07, 6.45) is -4.91. The van der Waals surface area contributed by atoms with Crippen molar-refractivity contribution in [2.24, 2.45) is 0 Å². The quantitative estimate of drug-likeness (QED) is 0.753. The van der Waals surface area contributed by atoms with E-state index in [0.717, 1.165) is 0 Å². The third-order valence-electron chi connectivity index (χ3n) is 4.21. The predicted molar refractivity (Wildman–Crippen MR) is 100 cm³/mol. The largest absolute Gasteiger partial charge is 0.444 e. The minimum absolute atomic E-state index is 0.0110. The first-order valence-corrected chi connectivity index (χ1v) is 9.14. The summed E-state index contributed by atoms with van der Waals surface area (Å²) in [5, 5.41) is 8.73. The van der Waals surface area contributed by atoms with Crippen LogP contribution in [0.15, 0.2) is 24.3 Å². The van der Waals surface area contributed by atoms with Crippen LogP contribution in [0.1, 0.15) is 32.3 Å². The summed E-state index contributed by atoms with van der Waals surface area (Å²) < 4.78 is 44.1. The number of benzene rings is 1. The van der Waals surface area contributed by atoms with Gasteiger partial charge in [-0.3, -0.25) is 0 Å². The van der Waals surface area contributed by atoms with Gasteiger partial charge in [-0.2, -0.15) is 25.8 Å². The molecule has 1 saturated heterocycles. The number of alkyl halides is 3. The van der Waals surface area contributed by atoms with Gasteiger partial charge in [0, 0.05) is 18.8 Å². The molecule has 9 heteroatoms. The molecule has 1 heterocycles. The number of amides is 1. The maximum absolute atomic E-state index is 12.9. The normalized spacial score (nSPS) is 19.8. The van der Waals surface area contributed by atoms with Crippen molar-refractivity contribution in [3.05, 3.63) is 29.8 Å². The lowest BCUT2D eigenvalue weighted by Gasteiger charge is -2.40. The standard InChI is InChI=1S/C18H25F3N2O3S/c1-17(2,3)26-16(25)22-8-9-23(15(27)10-22)13-6-4-12(5-7-13)14(11-24)18(19,20)21/h4-7,14-15,24,27H,8-11H2,1-3H3/t14?,15-/m0/s1. The zero-order valence-corrected chi connectivity index (χ0v) is 16.4. The molecule has 1 N–H and O–H groups in total. The topological polar surface area (TPSA) is 53.0 Å². The lowest BCUT2D eigenvalue weighted by Crippen LogP contribution is -2.53. The molecule has 5 nitrogen and oxygen atoms in total. The molecule has 1 amide bonds. The van der Waals surface area contributed by atoms with Crippen molar-refractivity contribution in [2.45, 2.75) is 43.8 Å². The molecule has 1 aromatic carbocycles. The maximum atomic E-state index is 12.9. The average Bonchev–Trinajstić information content (AvgIpc) is 2.53. The van der Waals surface area contributed by atoms with Crippen molar-refractivity contribution in [1.29, 1.82) is 0 Å². The Labute approximate surface area is 162 Å². The molecular formula is C18H25F3N2O3S. The monoisotopic (exact) mass is 406 g/mol. The lowest BCUT2D eigenvalue weighted by molar-refractivity contribution is -0.158. The van der Waals surface area contributed by atoms with Crippen LogP contribution in [-0.4, -0.2) is 59.5 Å². The molecule has 1 fully saturated rings. The number of carbonyl (C=O) groups excluding carboxylic acids is 1. The SMILES string of the molecule is CC(C)(C)OC(=O)N1CCN(c2ccc(C(CO)C(F)(F)F)cc2)[C@@H](S)C1. The second kappa shape index (κ2) is 8.18. The Hall–Kier alpha value is -1.61. The number of aliphatic hydroxyl groups is 1. The Morgan fingerprint density at radius 1 is 1.26 bits per heavy atom. The van der Waals surface area contributed by atoms with Crippen LogP contribution in [0.4, 0.5) is 23.7 Å². The van der Waals surface area contributed by atoms with Gasteiger partial charge in [0.25, 0.3) is 0 Å². The fourth-order valence-corrected chi connectivity index (χ4v) is 3.30. The molecule has 0 spiro atoms. The molecule has 1 unspecified atom stereocenters. The van der Waals surface area contributed by atoms with Crippen LogP contribution >= 0.6 is 12.6 Å². The van der Waals surface area contributed by atoms with Crippen molar-refractivity contribution in [1.82, 2.24) is 4.90 Å². The number of aliphatic hydroxyl groups excluding tert-OH is 1. The predicted octanol–water partition coefficient (Wildman–Crippen LogP) is 3.64. The summed E-state index contributed by atoms with van der Waals surface area (Å²) in [6.45, 7) is 5.63. The van der Waals surface area contributed by atoms with Crippen LogP contribution in [0.5, 0.6) is 0 Å². The molecule has 0 aliphatic carbocycles. The Kier molecular flexibility index (Phi) is 6.57. The van der Waals surface area contributed by atoms with Gasteiger partial charge in [0.15, 0.2) is 0 Å². The number of carbonyl (C=O) groups is 1. The van der Waals surface area contributed by atoms with Crippen LogP contribution in [0, 0.1) is 0 Å². The molecule has 1 aliphatic rings. The van der Waals surface area contributed by atoms with Gasteiger partial charge in [-0.1, -0.05) is 12.1 Å². The first-order chi connectivity index (χ1) is 12.4. The van der Waals surface area contributed by atoms with Crippen LogP contribution in [0.25, 0.3) is 0 Å². The Balaban J connectivity index is 2.05. The van der Waals surface area contributed by atoms with Gasteiger partial charge in [0.05, 0.1) is 18.5 Å². The van der Waals surface area contributed by atoms with E-state index < -0.39 is 30.4 Å². The smallest absolute Gasteiger partial charge is 0.410 e. The third-order valence-corrected chi connectivity index (χ3v) is 4.65. The van der Waals surface area contributed by atoms with E-state index in [1.807, 2.05) is 4.90 Å². The minimum Gasteiger partial charge on any atom is -0.444 e. The summed E-state index contributed by atoms with van der Waals surface area (Å²) in [4.78, 5) is 15.7. The van der Waals surface area contributed by atoms with Gasteiger partial charge in [-0.25, -0.2) is 4.79 Å². The fraction of sp³-hybridized carbons (Fsp3) is 0.611. The summed E-state index contributed by atoms with van der Waals surface area (Å²) in [5.74, 6) is -1.90. The zero-order chi connectivity index (χ0) is 20.4.